The fourth-order valence-electron chi connectivity index (χ4n) is 1.51. The largest absolute Gasteiger partial charge is 0.573 e. The Hall–Kier alpha value is -2.08. The number of ether oxygens (including phenoxy) is 1. The van der Waals surface area contributed by atoms with Gasteiger partial charge >= 0.3 is 6.36 Å². The number of rotatable bonds is 3. The van der Waals surface area contributed by atoms with Crippen molar-refractivity contribution in [3.63, 3.8) is 0 Å². The highest BCUT2D eigenvalue weighted by molar-refractivity contribution is 6.32. The summed E-state index contributed by atoms with van der Waals surface area (Å²) in [6, 6.07) is 6.46. The Kier molecular flexibility index (Phi) is 3.94. The number of halogens is 4. The van der Waals surface area contributed by atoms with Gasteiger partial charge in [-0.2, -0.15) is 0 Å². The first-order valence-corrected chi connectivity index (χ1v) is 5.74. The molecule has 7 heteroatoms. The molecular formula is C13H7ClF3NO2. The van der Waals surface area contributed by atoms with Crippen LogP contribution in [0.25, 0.3) is 0 Å². The molecule has 2 rings (SSSR count). The van der Waals surface area contributed by atoms with E-state index in [1.165, 1.54) is 18.5 Å². The topological polar surface area (TPSA) is 39.2 Å². The number of alkyl halides is 3. The van der Waals surface area contributed by atoms with Crippen LogP contribution in [0.5, 0.6) is 5.75 Å². The predicted molar refractivity (Wildman–Crippen MR) is 65.8 cm³/mol. The van der Waals surface area contributed by atoms with Gasteiger partial charge in [0.25, 0.3) is 0 Å². The van der Waals surface area contributed by atoms with Gasteiger partial charge in [-0.05, 0) is 30.3 Å². The fraction of sp³-hybridized carbons (Fsp3) is 0.0769. The zero-order chi connectivity index (χ0) is 14.8. The average Bonchev–Trinajstić information content (AvgIpc) is 2.40. The lowest BCUT2D eigenvalue weighted by Gasteiger charge is -2.11. The molecule has 0 fully saturated rings. The van der Waals surface area contributed by atoms with E-state index in [1.54, 1.807) is 12.1 Å². The molecule has 1 aromatic heterocycles. The summed E-state index contributed by atoms with van der Waals surface area (Å²) >= 11 is 5.67. The van der Waals surface area contributed by atoms with E-state index >= 15 is 0 Å². The number of pyridine rings is 1. The van der Waals surface area contributed by atoms with Gasteiger partial charge in [-0.25, -0.2) is 0 Å². The van der Waals surface area contributed by atoms with Gasteiger partial charge in [-0.1, -0.05) is 11.6 Å². The maximum Gasteiger partial charge on any atom is 0.573 e. The first-order chi connectivity index (χ1) is 9.37. The summed E-state index contributed by atoms with van der Waals surface area (Å²) in [7, 11) is 0. The third-order valence-electron chi connectivity index (χ3n) is 2.34. The van der Waals surface area contributed by atoms with Gasteiger partial charge in [0.1, 0.15) is 5.75 Å². The number of benzene rings is 1. The number of hydrogen-bond acceptors (Lipinski definition) is 3. The smallest absolute Gasteiger partial charge is 0.404 e. The molecule has 0 unspecified atom stereocenters. The lowest BCUT2D eigenvalue weighted by atomic mass is 10.1. The number of carbonyl (C=O) groups excluding carboxylic acids is 1. The van der Waals surface area contributed by atoms with Gasteiger partial charge in [-0.15, -0.1) is 13.2 Å². The number of hydrogen-bond donors (Lipinski definition) is 0. The minimum absolute atomic E-state index is 0.150. The summed E-state index contributed by atoms with van der Waals surface area (Å²) in [6.07, 6.45) is -1.97. The van der Waals surface area contributed by atoms with Gasteiger partial charge in [0.2, 0.25) is 0 Å². The summed E-state index contributed by atoms with van der Waals surface area (Å²) in [6.45, 7) is 0. The predicted octanol–water partition coefficient (Wildman–Crippen LogP) is 3.86. The molecule has 104 valence electrons. The van der Waals surface area contributed by atoms with Crippen molar-refractivity contribution in [2.45, 2.75) is 6.36 Å². The maximum absolute atomic E-state index is 12.1. The lowest BCUT2D eigenvalue weighted by Crippen LogP contribution is -2.17. The Morgan fingerprint density at radius 2 is 1.95 bits per heavy atom. The van der Waals surface area contributed by atoms with Crippen LogP contribution >= 0.6 is 11.6 Å². The normalized spacial score (nSPS) is 11.2. The van der Waals surface area contributed by atoms with Crippen LogP contribution in [-0.2, 0) is 0 Å². The molecule has 3 nitrogen and oxygen atoms in total. The van der Waals surface area contributed by atoms with Gasteiger partial charge < -0.3 is 4.74 Å². The molecule has 0 aliphatic rings. The first kappa shape index (κ1) is 14.3. The molecule has 1 aromatic carbocycles. The monoisotopic (exact) mass is 301 g/mol. The van der Waals surface area contributed by atoms with E-state index < -0.39 is 17.9 Å². The van der Waals surface area contributed by atoms with Gasteiger partial charge in [-0.3, -0.25) is 9.78 Å². The van der Waals surface area contributed by atoms with Crippen LogP contribution in [0.4, 0.5) is 13.2 Å². The number of carbonyl (C=O) groups is 1. The summed E-state index contributed by atoms with van der Waals surface area (Å²) in [4.78, 5) is 15.8. The van der Waals surface area contributed by atoms with E-state index in [9.17, 15) is 18.0 Å². The molecule has 0 radical (unpaired) electrons. The molecule has 0 atom stereocenters. The van der Waals surface area contributed by atoms with Gasteiger partial charge in [0.05, 0.1) is 5.02 Å². The lowest BCUT2D eigenvalue weighted by molar-refractivity contribution is -0.274. The van der Waals surface area contributed by atoms with E-state index in [0.29, 0.717) is 5.56 Å². The molecule has 0 bridgehead atoms. The van der Waals surface area contributed by atoms with Crippen molar-refractivity contribution in [1.29, 1.82) is 0 Å². The number of aromatic nitrogens is 1. The highest BCUT2D eigenvalue weighted by atomic mass is 35.5. The molecule has 1 heterocycles. The summed E-state index contributed by atoms with van der Waals surface area (Å²) < 4.78 is 40.0. The van der Waals surface area contributed by atoms with Crippen molar-refractivity contribution in [3.8, 4) is 5.75 Å². The fourth-order valence-corrected chi connectivity index (χ4v) is 1.73. The zero-order valence-corrected chi connectivity index (χ0v) is 10.6. The molecule has 0 spiro atoms. The van der Waals surface area contributed by atoms with E-state index in [2.05, 4.69) is 9.72 Å². The Labute approximate surface area is 117 Å². The van der Waals surface area contributed by atoms with Gasteiger partial charge in [0.15, 0.2) is 5.78 Å². The van der Waals surface area contributed by atoms with Gasteiger partial charge in [0, 0.05) is 23.5 Å². The second kappa shape index (κ2) is 5.50. The van der Waals surface area contributed by atoms with Crippen molar-refractivity contribution >= 4 is 17.4 Å². The van der Waals surface area contributed by atoms with Crippen LogP contribution in [0.1, 0.15) is 15.9 Å². The number of ketones is 1. The minimum atomic E-state index is -4.83. The van der Waals surface area contributed by atoms with Crippen molar-refractivity contribution in [1.82, 2.24) is 4.98 Å². The van der Waals surface area contributed by atoms with Crippen LogP contribution in [0.2, 0.25) is 5.02 Å². The standard InChI is InChI=1S/C13H7ClF3NO2/c14-10-6-8(3-4-11(10)20-13(15,16)17)12(19)9-2-1-5-18-7-9/h1-7H. The van der Waals surface area contributed by atoms with E-state index in [-0.39, 0.29) is 10.6 Å². The quantitative estimate of drug-likeness (QED) is 0.808. The SMILES string of the molecule is O=C(c1cccnc1)c1ccc(OC(F)(F)F)c(Cl)c1. The van der Waals surface area contributed by atoms with Crippen LogP contribution < -0.4 is 4.74 Å². The van der Waals surface area contributed by atoms with E-state index in [0.717, 1.165) is 12.1 Å². The van der Waals surface area contributed by atoms with Crippen molar-refractivity contribution in [3.05, 3.63) is 58.9 Å². The molecule has 0 saturated heterocycles. The molecule has 0 amide bonds. The highest BCUT2D eigenvalue weighted by Crippen LogP contribution is 2.31. The zero-order valence-electron chi connectivity index (χ0n) is 9.82. The maximum atomic E-state index is 12.1. The van der Waals surface area contributed by atoms with Crippen molar-refractivity contribution < 1.29 is 22.7 Å². The minimum Gasteiger partial charge on any atom is -0.404 e. The summed E-state index contributed by atoms with van der Waals surface area (Å²) in [5, 5.41) is -0.294. The molecular weight excluding hydrogens is 295 g/mol. The third kappa shape index (κ3) is 3.48. The summed E-state index contributed by atoms with van der Waals surface area (Å²) in [5.74, 6) is -0.944. The Balaban J connectivity index is 2.28. The molecule has 0 aliphatic carbocycles. The second-order valence-electron chi connectivity index (χ2n) is 3.76. The summed E-state index contributed by atoms with van der Waals surface area (Å²) in [5.41, 5.74) is 0.464. The Bertz CT molecular complexity index is 629. The van der Waals surface area contributed by atoms with Crippen LogP contribution in [0.15, 0.2) is 42.7 Å². The number of nitrogens with zero attached hydrogens (tertiary/aromatic N) is 1. The van der Waals surface area contributed by atoms with E-state index in [1.807, 2.05) is 0 Å². The van der Waals surface area contributed by atoms with Crippen molar-refractivity contribution in [2.75, 3.05) is 0 Å². The Morgan fingerprint density at radius 1 is 1.20 bits per heavy atom. The molecule has 0 N–H and O–H groups in total. The first-order valence-electron chi connectivity index (χ1n) is 5.37. The highest BCUT2D eigenvalue weighted by Gasteiger charge is 2.32. The molecule has 2 aromatic rings. The van der Waals surface area contributed by atoms with Crippen molar-refractivity contribution in [2.24, 2.45) is 0 Å². The molecule has 0 aliphatic heterocycles. The van der Waals surface area contributed by atoms with E-state index in [4.69, 9.17) is 11.6 Å². The van der Waals surface area contributed by atoms with Crippen LogP contribution in [0.3, 0.4) is 0 Å². The van der Waals surface area contributed by atoms with Crippen LogP contribution in [-0.4, -0.2) is 17.1 Å². The second-order valence-corrected chi connectivity index (χ2v) is 4.17. The average molecular weight is 302 g/mol. The van der Waals surface area contributed by atoms with Crippen LogP contribution in [0, 0.1) is 0 Å². The molecule has 20 heavy (non-hydrogen) atoms. The third-order valence-corrected chi connectivity index (χ3v) is 2.64. The Morgan fingerprint density at radius 3 is 2.50 bits per heavy atom. The molecule has 0 saturated carbocycles.